The van der Waals surface area contributed by atoms with Gasteiger partial charge in [-0.1, -0.05) is 12.0 Å². The number of carbonyl (C=O) groups excluding carboxylic acids is 1. The Labute approximate surface area is 81.1 Å². The Hall–Kier alpha value is -2.15. The first kappa shape index (κ1) is 9.93. The van der Waals surface area contributed by atoms with E-state index < -0.39 is 6.16 Å². The van der Waals surface area contributed by atoms with Crippen LogP contribution < -0.4 is 4.74 Å². The molecule has 0 aromatic heterocycles. The van der Waals surface area contributed by atoms with Gasteiger partial charge in [0.05, 0.1) is 0 Å². The molecule has 0 spiro atoms. The lowest BCUT2D eigenvalue weighted by atomic mass is 10.3. The monoisotopic (exact) mass is 192 g/mol. The van der Waals surface area contributed by atoms with Crippen LogP contribution in [0.25, 0.3) is 0 Å². The lowest BCUT2D eigenvalue weighted by Crippen LogP contribution is -2.10. The van der Waals surface area contributed by atoms with Crippen molar-refractivity contribution >= 4 is 6.16 Å². The predicted octanol–water partition coefficient (Wildman–Crippen LogP) is 1.54. The molecule has 0 unspecified atom stereocenters. The highest BCUT2D eigenvalue weighted by atomic mass is 16.7. The highest BCUT2D eigenvalue weighted by Gasteiger charge is 2.04. The average Bonchev–Trinajstić information content (AvgIpc) is 2.15. The molecule has 0 fully saturated rings. The van der Waals surface area contributed by atoms with Crippen LogP contribution in [0.1, 0.15) is 0 Å². The molecule has 1 rings (SSSR count). The summed E-state index contributed by atoms with van der Waals surface area (Å²) in [5.74, 6) is 2.33. The Morgan fingerprint density at radius 3 is 3.00 bits per heavy atom. The van der Waals surface area contributed by atoms with Gasteiger partial charge in [0.15, 0.2) is 6.61 Å². The van der Waals surface area contributed by atoms with Gasteiger partial charge in [-0.2, -0.15) is 0 Å². The first-order chi connectivity index (χ1) is 6.72. The summed E-state index contributed by atoms with van der Waals surface area (Å²) in [5, 5.41) is 9.04. The third-order valence-corrected chi connectivity index (χ3v) is 1.29. The van der Waals surface area contributed by atoms with E-state index >= 15 is 0 Å². The van der Waals surface area contributed by atoms with Crippen LogP contribution in [-0.2, 0) is 4.74 Å². The molecule has 4 nitrogen and oxygen atoms in total. The maximum Gasteiger partial charge on any atom is 0.514 e. The van der Waals surface area contributed by atoms with E-state index in [9.17, 15) is 4.79 Å². The molecule has 1 aromatic rings. The van der Waals surface area contributed by atoms with E-state index in [1.165, 1.54) is 18.2 Å². The summed E-state index contributed by atoms with van der Waals surface area (Å²) in [6.45, 7) is -0.141. The lowest BCUT2D eigenvalue weighted by molar-refractivity contribution is 0.111. The maximum atomic E-state index is 10.9. The van der Waals surface area contributed by atoms with Crippen molar-refractivity contribution in [1.82, 2.24) is 0 Å². The molecular weight excluding hydrogens is 184 g/mol. The predicted molar refractivity (Wildman–Crippen MR) is 48.9 cm³/mol. The number of aromatic hydroxyl groups is 1. The molecule has 0 aliphatic heterocycles. The molecule has 1 N–H and O–H groups in total. The van der Waals surface area contributed by atoms with E-state index in [0.717, 1.165) is 0 Å². The molecule has 0 saturated carbocycles. The molecule has 0 aliphatic carbocycles. The minimum atomic E-state index is -0.895. The van der Waals surface area contributed by atoms with Gasteiger partial charge in [-0.05, 0) is 12.1 Å². The van der Waals surface area contributed by atoms with Gasteiger partial charge in [0.2, 0.25) is 0 Å². The number of phenolic OH excluding ortho intramolecular Hbond substituents is 1. The number of carbonyl (C=O) groups is 1. The zero-order chi connectivity index (χ0) is 10.4. The first-order valence-electron chi connectivity index (χ1n) is 3.79. The average molecular weight is 192 g/mol. The smallest absolute Gasteiger partial charge is 0.508 e. The van der Waals surface area contributed by atoms with Crippen molar-refractivity contribution in [3.05, 3.63) is 24.3 Å². The molecule has 0 atom stereocenters. The van der Waals surface area contributed by atoms with Crippen molar-refractivity contribution in [2.45, 2.75) is 0 Å². The highest BCUT2D eigenvalue weighted by Crippen LogP contribution is 2.17. The van der Waals surface area contributed by atoms with Crippen LogP contribution in [0, 0.1) is 12.3 Å². The fraction of sp³-hybridized carbons (Fsp3) is 0.100. The zero-order valence-electron chi connectivity index (χ0n) is 7.27. The van der Waals surface area contributed by atoms with E-state index in [1.807, 2.05) is 0 Å². The third-order valence-electron chi connectivity index (χ3n) is 1.29. The molecule has 72 valence electrons. The molecule has 0 aliphatic rings. The lowest BCUT2D eigenvalue weighted by Gasteiger charge is -2.03. The van der Waals surface area contributed by atoms with Crippen LogP contribution in [0.2, 0.25) is 0 Å². The Bertz CT molecular complexity index is 365. The largest absolute Gasteiger partial charge is 0.514 e. The van der Waals surface area contributed by atoms with Gasteiger partial charge in [-0.3, -0.25) is 0 Å². The second-order valence-electron chi connectivity index (χ2n) is 2.34. The molecule has 4 heteroatoms. The van der Waals surface area contributed by atoms with Gasteiger partial charge in [0.1, 0.15) is 11.5 Å². The van der Waals surface area contributed by atoms with Crippen molar-refractivity contribution in [1.29, 1.82) is 0 Å². The fourth-order valence-electron chi connectivity index (χ4n) is 0.773. The molecule has 0 radical (unpaired) electrons. The number of terminal acetylenes is 1. The molecule has 1 aromatic carbocycles. The standard InChI is InChI=1S/C10H8O4/c1-2-6-13-10(12)14-9-5-3-4-8(11)7-9/h1,3-5,7,11H,6H2. The maximum absolute atomic E-state index is 10.9. The SMILES string of the molecule is C#CCOC(=O)Oc1cccc(O)c1. The number of ether oxygens (including phenoxy) is 2. The number of phenols is 1. The second-order valence-corrected chi connectivity index (χ2v) is 2.34. The minimum absolute atomic E-state index is 0.00671. The van der Waals surface area contributed by atoms with Crippen LogP contribution in [0.15, 0.2) is 24.3 Å². The van der Waals surface area contributed by atoms with E-state index in [1.54, 1.807) is 6.07 Å². The van der Waals surface area contributed by atoms with Crippen molar-refractivity contribution in [2.75, 3.05) is 6.61 Å². The van der Waals surface area contributed by atoms with Crippen LogP contribution >= 0.6 is 0 Å². The normalized spacial score (nSPS) is 8.79. The Morgan fingerprint density at radius 2 is 2.36 bits per heavy atom. The minimum Gasteiger partial charge on any atom is -0.508 e. The molecule has 0 amide bonds. The quantitative estimate of drug-likeness (QED) is 0.438. The van der Waals surface area contributed by atoms with Crippen molar-refractivity contribution in [2.24, 2.45) is 0 Å². The van der Waals surface area contributed by atoms with E-state index in [0.29, 0.717) is 0 Å². The van der Waals surface area contributed by atoms with Crippen LogP contribution in [-0.4, -0.2) is 17.9 Å². The highest BCUT2D eigenvalue weighted by molar-refractivity contribution is 5.64. The van der Waals surface area contributed by atoms with Gasteiger partial charge in [-0.15, -0.1) is 6.42 Å². The summed E-state index contributed by atoms with van der Waals surface area (Å²) in [7, 11) is 0. The fourth-order valence-corrected chi connectivity index (χ4v) is 0.773. The summed E-state index contributed by atoms with van der Waals surface area (Å²) in [6.07, 6.45) is 3.98. The van der Waals surface area contributed by atoms with E-state index in [-0.39, 0.29) is 18.1 Å². The van der Waals surface area contributed by atoms with Crippen molar-refractivity contribution in [3.63, 3.8) is 0 Å². The van der Waals surface area contributed by atoms with E-state index in [4.69, 9.17) is 11.5 Å². The summed E-state index contributed by atoms with van der Waals surface area (Å²) < 4.78 is 9.14. The van der Waals surface area contributed by atoms with Gasteiger partial charge < -0.3 is 14.6 Å². The van der Waals surface area contributed by atoms with Gasteiger partial charge in [0, 0.05) is 6.07 Å². The van der Waals surface area contributed by atoms with Crippen molar-refractivity contribution in [3.8, 4) is 23.8 Å². The second kappa shape index (κ2) is 4.77. The zero-order valence-corrected chi connectivity index (χ0v) is 7.27. The molecule has 0 saturated heterocycles. The molecular formula is C10H8O4. The van der Waals surface area contributed by atoms with E-state index in [2.05, 4.69) is 15.4 Å². The molecule has 0 heterocycles. The summed E-state index contributed by atoms with van der Waals surface area (Å²) >= 11 is 0. The molecule has 14 heavy (non-hydrogen) atoms. The van der Waals surface area contributed by atoms with Gasteiger partial charge >= 0.3 is 6.16 Å². The number of benzene rings is 1. The summed E-state index contributed by atoms with van der Waals surface area (Å²) in [6, 6.07) is 5.80. The number of hydrogen-bond acceptors (Lipinski definition) is 4. The summed E-state index contributed by atoms with van der Waals surface area (Å²) in [4.78, 5) is 10.9. The number of hydrogen-bond donors (Lipinski definition) is 1. The third kappa shape index (κ3) is 3.07. The van der Waals surface area contributed by atoms with Crippen molar-refractivity contribution < 1.29 is 19.4 Å². The molecule has 0 bridgehead atoms. The van der Waals surface area contributed by atoms with Crippen LogP contribution in [0.3, 0.4) is 0 Å². The van der Waals surface area contributed by atoms with Gasteiger partial charge in [0.25, 0.3) is 0 Å². The van der Waals surface area contributed by atoms with Gasteiger partial charge in [-0.25, -0.2) is 4.79 Å². The van der Waals surface area contributed by atoms with Crippen LogP contribution in [0.4, 0.5) is 4.79 Å². The topological polar surface area (TPSA) is 55.8 Å². The Balaban J connectivity index is 2.53. The van der Waals surface area contributed by atoms with Crippen LogP contribution in [0.5, 0.6) is 11.5 Å². The Morgan fingerprint density at radius 1 is 1.57 bits per heavy atom. The first-order valence-corrected chi connectivity index (χ1v) is 3.79. The Kier molecular flexibility index (Phi) is 3.39. The summed E-state index contributed by atoms with van der Waals surface area (Å²) in [5.41, 5.74) is 0. The number of rotatable bonds is 2.